The Balaban J connectivity index is 2.40. The predicted molar refractivity (Wildman–Crippen MR) is 87.6 cm³/mol. The molecule has 10 heteroatoms. The number of hydrogen-bond acceptors (Lipinski definition) is 6. The van der Waals surface area contributed by atoms with Gasteiger partial charge in [0.2, 0.25) is 0 Å². The summed E-state index contributed by atoms with van der Waals surface area (Å²) in [5.41, 5.74) is 0.672. The molecular formula is C14H12N2O6S2. The molecule has 0 saturated heterocycles. The van der Waals surface area contributed by atoms with Crippen LogP contribution in [0.3, 0.4) is 0 Å². The Hall–Kier alpha value is -2.30. The number of anilines is 1. The fraction of sp³-hybridized carbons (Fsp3) is 0.143. The largest absolute Gasteiger partial charge is 0.295 e. The van der Waals surface area contributed by atoms with E-state index in [4.69, 9.17) is 0 Å². The number of carbonyl (C=O) groups is 1. The second kappa shape index (κ2) is 5.65. The van der Waals surface area contributed by atoms with E-state index >= 15 is 0 Å². The van der Waals surface area contributed by atoms with Gasteiger partial charge in [0.25, 0.3) is 16.0 Å². The number of nitrogens with zero attached hydrogens (tertiary/aromatic N) is 2. The number of benzene rings is 2. The fourth-order valence-corrected chi connectivity index (χ4v) is 3.91. The van der Waals surface area contributed by atoms with E-state index in [0.29, 0.717) is 5.71 Å². The van der Waals surface area contributed by atoms with E-state index in [9.17, 15) is 26.2 Å². The zero-order valence-electron chi connectivity index (χ0n) is 12.3. The molecule has 1 heterocycles. The Bertz CT molecular complexity index is 1080. The third-order valence-corrected chi connectivity index (χ3v) is 5.23. The van der Waals surface area contributed by atoms with Gasteiger partial charge in [-0.15, -0.1) is 0 Å². The summed E-state index contributed by atoms with van der Waals surface area (Å²) in [6.45, 7) is 1.65. The minimum Gasteiger partial charge on any atom is -0.282 e. The lowest BCUT2D eigenvalue weighted by molar-refractivity contribution is -0.116. The van der Waals surface area contributed by atoms with Crippen molar-refractivity contribution < 1.29 is 26.2 Å². The van der Waals surface area contributed by atoms with Gasteiger partial charge < -0.3 is 0 Å². The predicted octanol–water partition coefficient (Wildman–Crippen LogP) is 1.17. The van der Waals surface area contributed by atoms with Gasteiger partial charge in [-0.05, 0) is 25.1 Å². The molecule has 0 saturated carbocycles. The third-order valence-electron chi connectivity index (χ3n) is 3.55. The van der Waals surface area contributed by atoms with E-state index in [1.165, 1.54) is 24.3 Å². The van der Waals surface area contributed by atoms with Crippen molar-refractivity contribution in [2.24, 2.45) is 5.10 Å². The second-order valence-corrected chi connectivity index (χ2v) is 7.65. The molecule has 1 aliphatic rings. The molecule has 1 N–H and O–H groups in total. The molecule has 0 unspecified atom stereocenters. The van der Waals surface area contributed by atoms with Gasteiger partial charge in [-0.1, -0.05) is 12.1 Å². The van der Waals surface area contributed by atoms with Crippen LogP contribution in [0.25, 0.3) is 10.8 Å². The number of fused-ring (bicyclic) bond motifs is 1. The zero-order valence-corrected chi connectivity index (χ0v) is 14.0. The molecule has 2 aromatic carbocycles. The summed E-state index contributed by atoms with van der Waals surface area (Å²) in [4.78, 5) is 11.4. The highest BCUT2D eigenvalue weighted by molar-refractivity contribution is 7.86. The van der Waals surface area contributed by atoms with Crippen LogP contribution in [0, 0.1) is 0 Å². The van der Waals surface area contributed by atoms with Crippen molar-refractivity contribution in [2.45, 2.75) is 23.1 Å². The van der Waals surface area contributed by atoms with E-state index in [1.54, 1.807) is 6.92 Å². The molecule has 0 radical (unpaired) electrons. The first-order valence-corrected chi connectivity index (χ1v) is 9.36. The highest BCUT2D eigenvalue weighted by Gasteiger charge is 2.25. The summed E-state index contributed by atoms with van der Waals surface area (Å²) < 4.78 is 55.7. The lowest BCUT2D eigenvalue weighted by Gasteiger charge is -2.15. The van der Waals surface area contributed by atoms with Crippen molar-refractivity contribution in [3.63, 3.8) is 0 Å². The molecule has 0 aromatic heterocycles. The smallest absolute Gasteiger partial charge is 0.282 e. The molecule has 2 aromatic rings. The monoisotopic (exact) mass is 368 g/mol. The van der Waals surface area contributed by atoms with Crippen molar-refractivity contribution >= 4 is 48.9 Å². The maximum Gasteiger partial charge on any atom is 0.295 e. The van der Waals surface area contributed by atoms with Crippen LogP contribution >= 0.6 is 0 Å². The molecule has 0 atom stereocenters. The lowest BCUT2D eigenvalue weighted by Crippen LogP contribution is -2.19. The number of amides is 1. The van der Waals surface area contributed by atoms with Gasteiger partial charge in [-0.3, -0.25) is 9.35 Å². The number of thiol groups is 1. The average Bonchev–Trinajstić information content (AvgIpc) is 2.83. The van der Waals surface area contributed by atoms with Crippen molar-refractivity contribution in [3.8, 4) is 0 Å². The molecule has 3 rings (SSSR count). The molecule has 1 aliphatic heterocycles. The summed E-state index contributed by atoms with van der Waals surface area (Å²) in [6, 6.07) is 6.48. The van der Waals surface area contributed by atoms with Crippen LogP contribution in [0.2, 0.25) is 0 Å². The van der Waals surface area contributed by atoms with Gasteiger partial charge in [-0.25, -0.2) is 13.4 Å². The van der Waals surface area contributed by atoms with Gasteiger partial charge in [0.05, 0.1) is 17.0 Å². The van der Waals surface area contributed by atoms with E-state index < -0.39 is 25.7 Å². The second-order valence-electron chi connectivity index (χ2n) is 5.27. The van der Waals surface area contributed by atoms with E-state index in [2.05, 4.69) is 5.10 Å². The number of carbonyl (C=O) groups excluding carboxylic acids is 1. The van der Waals surface area contributed by atoms with Gasteiger partial charge in [0, 0.05) is 16.5 Å². The van der Waals surface area contributed by atoms with Crippen molar-refractivity contribution in [1.82, 2.24) is 0 Å². The Morgan fingerprint density at radius 3 is 2.46 bits per heavy atom. The highest BCUT2D eigenvalue weighted by Crippen LogP contribution is 2.33. The van der Waals surface area contributed by atoms with Crippen LogP contribution in [-0.4, -0.2) is 33.0 Å². The highest BCUT2D eigenvalue weighted by atomic mass is 32.2. The van der Waals surface area contributed by atoms with Gasteiger partial charge in [0.1, 0.15) is 4.90 Å². The summed E-state index contributed by atoms with van der Waals surface area (Å²) in [7, 11) is -7.64. The van der Waals surface area contributed by atoms with Crippen LogP contribution in [0.5, 0.6) is 0 Å². The zero-order chi connectivity index (χ0) is 17.6. The molecule has 0 bridgehead atoms. The van der Waals surface area contributed by atoms with Crippen LogP contribution in [-0.2, 0) is 25.6 Å². The van der Waals surface area contributed by atoms with Crippen LogP contribution in [0.1, 0.15) is 13.3 Å². The SMILES string of the molecule is CC1=NN(c2cc([SH](=O)=O)c3cccc(S(=O)(=O)O)c3c2)C(=O)C1. The van der Waals surface area contributed by atoms with Crippen molar-refractivity contribution in [2.75, 3.05) is 5.01 Å². The first-order chi connectivity index (χ1) is 11.2. The quantitative estimate of drug-likeness (QED) is 0.620. The Morgan fingerprint density at radius 1 is 1.21 bits per heavy atom. The molecule has 0 spiro atoms. The molecule has 8 nitrogen and oxygen atoms in total. The molecule has 24 heavy (non-hydrogen) atoms. The molecular weight excluding hydrogens is 356 g/mol. The van der Waals surface area contributed by atoms with Crippen LogP contribution < -0.4 is 5.01 Å². The maximum absolute atomic E-state index is 12.0. The van der Waals surface area contributed by atoms with E-state index in [-0.39, 0.29) is 33.7 Å². The molecule has 126 valence electrons. The number of rotatable bonds is 3. The van der Waals surface area contributed by atoms with Crippen LogP contribution in [0.15, 0.2) is 45.2 Å². The molecule has 0 aliphatic carbocycles. The molecule has 0 fully saturated rings. The first kappa shape index (κ1) is 16.6. The van der Waals surface area contributed by atoms with E-state index in [1.807, 2.05) is 0 Å². The maximum atomic E-state index is 12.0. The van der Waals surface area contributed by atoms with Crippen molar-refractivity contribution in [1.29, 1.82) is 0 Å². The summed E-state index contributed by atoms with van der Waals surface area (Å²) in [6.07, 6.45) is 0.0941. The number of hydrazone groups is 1. The van der Waals surface area contributed by atoms with Gasteiger partial charge >= 0.3 is 0 Å². The van der Waals surface area contributed by atoms with Gasteiger partial charge in [0.15, 0.2) is 10.7 Å². The Morgan fingerprint density at radius 2 is 1.92 bits per heavy atom. The normalized spacial score (nSPS) is 15.4. The van der Waals surface area contributed by atoms with Crippen LogP contribution in [0.4, 0.5) is 5.69 Å². The fourth-order valence-electron chi connectivity index (χ4n) is 2.58. The summed E-state index contributed by atoms with van der Waals surface area (Å²) >= 11 is 0. The topological polar surface area (TPSA) is 121 Å². The Labute approximate surface area is 139 Å². The third kappa shape index (κ3) is 2.79. The van der Waals surface area contributed by atoms with Gasteiger partial charge in [-0.2, -0.15) is 13.5 Å². The standard InChI is InChI=1S/C14H12N2O6S2/c1-8-5-14(17)16(15-8)9-6-11-10(12(7-9)23(18)19)3-2-4-13(11)24(20,21)22/h2-4,6-7,23H,5H2,1H3,(H,20,21,22). The van der Waals surface area contributed by atoms with E-state index in [0.717, 1.165) is 11.1 Å². The lowest BCUT2D eigenvalue weighted by atomic mass is 10.1. The molecule has 1 amide bonds. The summed E-state index contributed by atoms with van der Waals surface area (Å²) in [5, 5.41) is 5.19. The first-order valence-electron chi connectivity index (χ1n) is 6.74. The minimum atomic E-state index is -4.57. The minimum absolute atomic E-state index is 0.000692. The summed E-state index contributed by atoms with van der Waals surface area (Å²) in [5.74, 6) is -0.358. The average molecular weight is 368 g/mol. The van der Waals surface area contributed by atoms with Crippen molar-refractivity contribution in [3.05, 3.63) is 30.3 Å². The Kier molecular flexibility index (Phi) is 3.90. The number of hydrogen-bond donors (Lipinski definition) is 2.